The van der Waals surface area contributed by atoms with Crippen molar-refractivity contribution in [3.8, 4) is 0 Å². The van der Waals surface area contributed by atoms with Crippen molar-refractivity contribution in [2.45, 2.75) is 13.5 Å². The van der Waals surface area contributed by atoms with Gasteiger partial charge in [0.25, 0.3) is 0 Å². The predicted octanol–water partition coefficient (Wildman–Crippen LogP) is 2.73. The number of nitrogen functional groups attached to an aromatic ring is 1. The summed E-state index contributed by atoms with van der Waals surface area (Å²) in [5.41, 5.74) is 5.34. The molecule has 0 saturated heterocycles. The van der Waals surface area contributed by atoms with Crippen LogP contribution in [0.15, 0.2) is 34.9 Å². The van der Waals surface area contributed by atoms with E-state index in [1.165, 1.54) is 12.1 Å². The lowest BCUT2D eigenvalue weighted by atomic mass is 10.1. The predicted molar refractivity (Wildman–Crippen MR) is 73.2 cm³/mol. The normalized spacial score (nSPS) is 10.5. The fourth-order valence-corrected chi connectivity index (χ4v) is 2.03. The topological polar surface area (TPSA) is 79.7 Å². The van der Waals surface area contributed by atoms with Crippen LogP contribution in [0.4, 0.5) is 15.8 Å². The Morgan fingerprint density at radius 2 is 2.20 bits per heavy atom. The first-order chi connectivity index (χ1) is 9.54. The summed E-state index contributed by atoms with van der Waals surface area (Å²) in [6.07, 6.45) is 1.54. The van der Waals surface area contributed by atoms with Gasteiger partial charge in [0.15, 0.2) is 0 Å². The van der Waals surface area contributed by atoms with E-state index in [4.69, 9.17) is 10.2 Å². The Hall–Kier alpha value is -2.50. The Balaban J connectivity index is 2.44. The zero-order valence-electron chi connectivity index (χ0n) is 11.0. The average Bonchev–Trinajstić information content (AvgIpc) is 2.91. The highest BCUT2D eigenvalue weighted by atomic mass is 19.1. The molecule has 0 fully saturated rings. The second-order valence-corrected chi connectivity index (χ2v) is 4.25. The summed E-state index contributed by atoms with van der Waals surface area (Å²) in [5, 5.41) is 9.24. The van der Waals surface area contributed by atoms with Gasteiger partial charge in [0.1, 0.15) is 17.1 Å². The molecule has 1 heterocycles. The first kappa shape index (κ1) is 13.9. The van der Waals surface area contributed by atoms with Crippen LogP contribution in [-0.4, -0.2) is 17.6 Å². The smallest absolute Gasteiger partial charge is 0.340 e. The number of halogens is 1. The summed E-state index contributed by atoms with van der Waals surface area (Å²) in [6, 6.07) is 6.12. The first-order valence-electron chi connectivity index (χ1n) is 6.13. The van der Waals surface area contributed by atoms with E-state index in [0.717, 1.165) is 0 Å². The van der Waals surface area contributed by atoms with Crippen molar-refractivity contribution in [3.05, 3.63) is 47.7 Å². The molecule has 6 heteroatoms. The number of benzene rings is 1. The minimum absolute atomic E-state index is 0.224. The van der Waals surface area contributed by atoms with Crippen LogP contribution in [0, 0.1) is 5.82 Å². The molecule has 0 aliphatic heterocycles. The van der Waals surface area contributed by atoms with Crippen LogP contribution in [-0.2, 0) is 6.54 Å². The zero-order chi connectivity index (χ0) is 14.7. The van der Waals surface area contributed by atoms with Crippen LogP contribution in [0.1, 0.15) is 23.0 Å². The first-order valence-corrected chi connectivity index (χ1v) is 6.13. The lowest BCUT2D eigenvalue weighted by molar-refractivity contribution is 0.0698. The van der Waals surface area contributed by atoms with Gasteiger partial charge in [-0.1, -0.05) is 0 Å². The Bertz CT molecular complexity index is 611. The highest BCUT2D eigenvalue weighted by Crippen LogP contribution is 2.29. The molecule has 5 nitrogen and oxygen atoms in total. The van der Waals surface area contributed by atoms with Gasteiger partial charge in [-0.15, -0.1) is 0 Å². The lowest BCUT2D eigenvalue weighted by Crippen LogP contribution is -2.25. The van der Waals surface area contributed by atoms with Crippen molar-refractivity contribution >= 4 is 17.3 Å². The molecule has 0 spiro atoms. The lowest BCUT2D eigenvalue weighted by Gasteiger charge is -2.24. The van der Waals surface area contributed by atoms with E-state index in [9.17, 15) is 14.3 Å². The number of nitrogens with two attached hydrogens (primary N) is 1. The highest BCUT2D eigenvalue weighted by molar-refractivity contribution is 6.00. The van der Waals surface area contributed by atoms with Crippen molar-refractivity contribution in [2.24, 2.45) is 0 Å². The molecule has 2 aromatic rings. The molecule has 0 saturated carbocycles. The van der Waals surface area contributed by atoms with Crippen molar-refractivity contribution in [2.75, 3.05) is 17.2 Å². The second-order valence-electron chi connectivity index (χ2n) is 4.25. The van der Waals surface area contributed by atoms with Crippen molar-refractivity contribution in [1.82, 2.24) is 0 Å². The third kappa shape index (κ3) is 2.59. The summed E-state index contributed by atoms with van der Waals surface area (Å²) < 4.78 is 18.7. The van der Waals surface area contributed by atoms with Gasteiger partial charge in [-0.05, 0) is 31.2 Å². The SMILES string of the molecule is CCN(Cc1ccco1)c1ccc(F)c(N)c1C(=O)O. The molecule has 0 aliphatic rings. The van der Waals surface area contributed by atoms with Gasteiger partial charge in [0.2, 0.25) is 0 Å². The molecule has 20 heavy (non-hydrogen) atoms. The second kappa shape index (κ2) is 5.64. The van der Waals surface area contributed by atoms with Gasteiger partial charge in [-0.2, -0.15) is 0 Å². The molecule has 0 unspecified atom stereocenters. The van der Waals surface area contributed by atoms with E-state index in [-0.39, 0.29) is 11.3 Å². The molecule has 0 bridgehead atoms. The number of carboxylic acid groups (broad SMARTS) is 1. The number of aromatic carboxylic acids is 1. The molecule has 3 N–H and O–H groups in total. The molecule has 0 amide bonds. The van der Waals surface area contributed by atoms with Crippen molar-refractivity contribution in [3.63, 3.8) is 0 Å². The van der Waals surface area contributed by atoms with E-state index in [2.05, 4.69) is 0 Å². The maximum Gasteiger partial charge on any atom is 0.340 e. The van der Waals surface area contributed by atoms with Crippen LogP contribution in [0.5, 0.6) is 0 Å². The summed E-state index contributed by atoms with van der Waals surface area (Å²) in [5.74, 6) is -1.30. The Labute approximate surface area is 115 Å². The Morgan fingerprint density at radius 3 is 2.75 bits per heavy atom. The number of furan rings is 1. The summed E-state index contributed by atoms with van der Waals surface area (Å²) in [6.45, 7) is 2.79. The highest BCUT2D eigenvalue weighted by Gasteiger charge is 2.21. The molecule has 0 radical (unpaired) electrons. The molecule has 2 rings (SSSR count). The average molecular weight is 278 g/mol. The molecule has 1 aromatic heterocycles. The Kier molecular flexibility index (Phi) is 3.93. The zero-order valence-corrected chi connectivity index (χ0v) is 11.0. The summed E-state index contributed by atoms with van der Waals surface area (Å²) in [4.78, 5) is 13.1. The van der Waals surface area contributed by atoms with Gasteiger partial charge in [0.05, 0.1) is 24.2 Å². The van der Waals surface area contributed by atoms with Crippen molar-refractivity contribution in [1.29, 1.82) is 0 Å². The van der Waals surface area contributed by atoms with E-state index in [0.29, 0.717) is 24.5 Å². The number of anilines is 2. The number of carbonyl (C=O) groups is 1. The summed E-state index contributed by atoms with van der Waals surface area (Å²) in [7, 11) is 0. The monoisotopic (exact) mass is 278 g/mol. The van der Waals surface area contributed by atoms with Crippen molar-refractivity contribution < 1.29 is 18.7 Å². The number of rotatable bonds is 5. The fourth-order valence-electron chi connectivity index (χ4n) is 2.03. The maximum atomic E-state index is 13.4. The number of hydrogen-bond acceptors (Lipinski definition) is 4. The molecule has 0 atom stereocenters. The van der Waals surface area contributed by atoms with Crippen LogP contribution < -0.4 is 10.6 Å². The van der Waals surface area contributed by atoms with Gasteiger partial charge in [-0.25, -0.2) is 9.18 Å². The minimum atomic E-state index is -1.25. The van der Waals surface area contributed by atoms with Gasteiger partial charge in [-0.3, -0.25) is 0 Å². The summed E-state index contributed by atoms with van der Waals surface area (Å²) >= 11 is 0. The van der Waals surface area contributed by atoms with Gasteiger partial charge < -0.3 is 20.2 Å². The largest absolute Gasteiger partial charge is 0.478 e. The van der Waals surface area contributed by atoms with Gasteiger partial charge >= 0.3 is 5.97 Å². The molecule has 0 aliphatic carbocycles. The third-order valence-corrected chi connectivity index (χ3v) is 3.03. The molecular weight excluding hydrogens is 263 g/mol. The van der Waals surface area contributed by atoms with Crippen LogP contribution in [0.2, 0.25) is 0 Å². The van der Waals surface area contributed by atoms with E-state index in [1.807, 2.05) is 6.92 Å². The van der Waals surface area contributed by atoms with Crippen LogP contribution >= 0.6 is 0 Å². The van der Waals surface area contributed by atoms with E-state index < -0.39 is 11.8 Å². The number of hydrogen-bond donors (Lipinski definition) is 2. The number of nitrogens with zero attached hydrogens (tertiary/aromatic N) is 1. The Morgan fingerprint density at radius 1 is 1.45 bits per heavy atom. The third-order valence-electron chi connectivity index (χ3n) is 3.03. The van der Waals surface area contributed by atoms with E-state index >= 15 is 0 Å². The quantitative estimate of drug-likeness (QED) is 0.822. The van der Waals surface area contributed by atoms with Crippen LogP contribution in [0.3, 0.4) is 0 Å². The molecular formula is C14H15FN2O3. The van der Waals surface area contributed by atoms with Gasteiger partial charge in [0, 0.05) is 6.54 Å². The standard InChI is InChI=1S/C14H15FN2O3/c1-2-17(8-9-4-3-7-20-9)11-6-5-10(15)13(16)12(11)14(18)19/h3-7H,2,8,16H2,1H3,(H,18,19). The molecule has 1 aromatic carbocycles. The maximum absolute atomic E-state index is 13.4. The van der Waals surface area contributed by atoms with E-state index in [1.54, 1.807) is 23.3 Å². The van der Waals surface area contributed by atoms with Crippen LogP contribution in [0.25, 0.3) is 0 Å². The number of carboxylic acids is 1. The minimum Gasteiger partial charge on any atom is -0.478 e. The fraction of sp³-hybridized carbons (Fsp3) is 0.214. The molecule has 106 valence electrons.